The van der Waals surface area contributed by atoms with E-state index >= 15 is 0 Å². The van der Waals surface area contributed by atoms with Gasteiger partial charge in [-0.25, -0.2) is 4.98 Å². The lowest BCUT2D eigenvalue weighted by Gasteiger charge is -2.14. The predicted molar refractivity (Wildman–Crippen MR) is 115 cm³/mol. The Morgan fingerprint density at radius 2 is 1.80 bits per heavy atom. The molecule has 30 heavy (non-hydrogen) atoms. The third-order valence-corrected chi connectivity index (χ3v) is 5.74. The number of carbonyl (C=O) groups is 1. The molecule has 154 valence electrons. The predicted octanol–water partition coefficient (Wildman–Crippen LogP) is 5.04. The van der Waals surface area contributed by atoms with Crippen LogP contribution in [0.5, 0.6) is 5.88 Å². The number of benzene rings is 2. The first-order valence-corrected chi connectivity index (χ1v) is 10.5. The molecule has 3 aromatic rings. The standard InChI is InChI=1S/C25H26N2O3/c1-3-17-8-6-9-18(4-2)24(17)19-10-5-7-16(11-19)15-30-23-14-26-22(13-27-23)20-12-21(20)25(28)29/h5-11,13-14,20-21H,3-4,12,15H2,1-2H3,(H,28,29)/t20?,21-/m1/s1. The van der Waals surface area contributed by atoms with Crippen molar-refractivity contribution in [1.82, 2.24) is 9.97 Å². The van der Waals surface area contributed by atoms with Gasteiger partial charge in [-0.1, -0.05) is 50.2 Å². The minimum Gasteiger partial charge on any atom is -0.481 e. The molecule has 1 aromatic heterocycles. The van der Waals surface area contributed by atoms with Crippen LogP contribution in [0.4, 0.5) is 0 Å². The number of aryl methyl sites for hydroxylation is 2. The van der Waals surface area contributed by atoms with Gasteiger partial charge in [0.2, 0.25) is 5.88 Å². The van der Waals surface area contributed by atoms with Gasteiger partial charge in [0, 0.05) is 5.92 Å². The Morgan fingerprint density at radius 1 is 1.07 bits per heavy atom. The fraction of sp³-hybridized carbons (Fsp3) is 0.320. The summed E-state index contributed by atoms with van der Waals surface area (Å²) >= 11 is 0. The van der Waals surface area contributed by atoms with Gasteiger partial charge in [0.15, 0.2) is 0 Å². The second-order valence-electron chi connectivity index (χ2n) is 7.71. The third-order valence-electron chi connectivity index (χ3n) is 5.74. The summed E-state index contributed by atoms with van der Waals surface area (Å²) in [6.07, 6.45) is 5.84. The molecule has 0 bridgehead atoms. The van der Waals surface area contributed by atoms with Crippen molar-refractivity contribution in [2.75, 3.05) is 0 Å². The Bertz CT molecular complexity index is 1020. The summed E-state index contributed by atoms with van der Waals surface area (Å²) in [5.74, 6) is -0.669. The molecule has 0 spiro atoms. The molecular weight excluding hydrogens is 376 g/mol. The topological polar surface area (TPSA) is 72.3 Å². The smallest absolute Gasteiger partial charge is 0.307 e. The quantitative estimate of drug-likeness (QED) is 0.572. The van der Waals surface area contributed by atoms with Gasteiger partial charge in [-0.15, -0.1) is 0 Å². The van der Waals surface area contributed by atoms with Gasteiger partial charge in [0.25, 0.3) is 0 Å². The zero-order valence-electron chi connectivity index (χ0n) is 17.3. The normalized spacial score (nSPS) is 17.5. The maximum absolute atomic E-state index is 11.0. The molecule has 0 aliphatic heterocycles. The number of hydrogen-bond donors (Lipinski definition) is 1. The summed E-state index contributed by atoms with van der Waals surface area (Å²) in [6, 6.07) is 15.0. The largest absolute Gasteiger partial charge is 0.481 e. The van der Waals surface area contributed by atoms with E-state index in [4.69, 9.17) is 9.84 Å². The maximum atomic E-state index is 11.0. The molecule has 1 aliphatic rings. The van der Waals surface area contributed by atoms with Crippen molar-refractivity contribution in [3.8, 4) is 17.0 Å². The third kappa shape index (κ3) is 4.20. The number of hydrogen-bond acceptors (Lipinski definition) is 4. The van der Waals surface area contributed by atoms with Crippen LogP contribution in [0.25, 0.3) is 11.1 Å². The molecule has 4 rings (SSSR count). The van der Waals surface area contributed by atoms with E-state index in [2.05, 4.69) is 60.2 Å². The summed E-state index contributed by atoms with van der Waals surface area (Å²) in [5, 5.41) is 9.05. The first kappa shape index (κ1) is 20.1. The van der Waals surface area contributed by atoms with E-state index < -0.39 is 5.97 Å². The van der Waals surface area contributed by atoms with Crippen molar-refractivity contribution < 1.29 is 14.6 Å². The molecule has 1 unspecified atom stereocenters. The SMILES string of the molecule is CCc1cccc(CC)c1-c1cccc(COc2cnc(C3C[C@H]3C(=O)O)cn2)c1. The number of rotatable bonds is 8. The lowest BCUT2D eigenvalue weighted by atomic mass is 9.91. The van der Waals surface area contributed by atoms with Crippen LogP contribution in [0.1, 0.15) is 48.6 Å². The lowest BCUT2D eigenvalue weighted by Crippen LogP contribution is -2.02. The molecular formula is C25H26N2O3. The summed E-state index contributed by atoms with van der Waals surface area (Å²) in [5.41, 5.74) is 7.04. The van der Waals surface area contributed by atoms with Crippen LogP contribution in [0.3, 0.4) is 0 Å². The van der Waals surface area contributed by atoms with E-state index in [1.807, 2.05) is 6.07 Å². The van der Waals surface area contributed by atoms with E-state index in [-0.39, 0.29) is 11.8 Å². The lowest BCUT2D eigenvalue weighted by molar-refractivity contribution is -0.138. The first-order chi connectivity index (χ1) is 14.6. The fourth-order valence-corrected chi connectivity index (χ4v) is 3.97. The number of carboxylic acids is 1. The van der Waals surface area contributed by atoms with Crippen molar-refractivity contribution in [2.24, 2.45) is 5.92 Å². The van der Waals surface area contributed by atoms with Crippen molar-refractivity contribution in [3.05, 3.63) is 77.2 Å². The molecule has 1 aliphatic carbocycles. The molecule has 2 aromatic carbocycles. The van der Waals surface area contributed by atoms with Gasteiger partial charge in [-0.05, 0) is 53.1 Å². The highest BCUT2D eigenvalue weighted by Crippen LogP contribution is 2.46. The van der Waals surface area contributed by atoms with Crippen LogP contribution < -0.4 is 4.74 Å². The maximum Gasteiger partial charge on any atom is 0.307 e. The van der Waals surface area contributed by atoms with Crippen LogP contribution in [0.2, 0.25) is 0 Å². The van der Waals surface area contributed by atoms with Crippen LogP contribution in [-0.2, 0) is 24.2 Å². The highest BCUT2D eigenvalue weighted by Gasteiger charge is 2.45. The molecule has 2 atom stereocenters. The zero-order chi connectivity index (χ0) is 21.1. The van der Waals surface area contributed by atoms with Crippen molar-refractivity contribution in [1.29, 1.82) is 0 Å². The Hall–Kier alpha value is -3.21. The second kappa shape index (κ2) is 8.66. The minimum absolute atomic E-state index is 0.0212. The van der Waals surface area contributed by atoms with Crippen LogP contribution in [0.15, 0.2) is 54.9 Å². The van der Waals surface area contributed by atoms with Crippen molar-refractivity contribution in [3.63, 3.8) is 0 Å². The second-order valence-corrected chi connectivity index (χ2v) is 7.71. The molecule has 5 heteroatoms. The van der Waals surface area contributed by atoms with Gasteiger partial charge < -0.3 is 9.84 Å². The number of nitrogens with zero attached hydrogens (tertiary/aromatic N) is 2. The number of carboxylic acid groups (broad SMARTS) is 1. The Kier molecular flexibility index (Phi) is 5.79. The van der Waals surface area contributed by atoms with Gasteiger partial charge in [-0.3, -0.25) is 9.78 Å². The van der Waals surface area contributed by atoms with Gasteiger partial charge >= 0.3 is 5.97 Å². The highest BCUT2D eigenvalue weighted by molar-refractivity contribution is 5.75. The molecule has 0 amide bonds. The van der Waals surface area contributed by atoms with E-state index in [1.54, 1.807) is 12.4 Å². The van der Waals surface area contributed by atoms with Gasteiger partial charge in [0.05, 0.1) is 24.0 Å². The molecule has 1 fully saturated rings. The summed E-state index contributed by atoms with van der Waals surface area (Å²) in [4.78, 5) is 19.7. The van der Waals surface area contributed by atoms with Crippen molar-refractivity contribution >= 4 is 5.97 Å². The Morgan fingerprint density at radius 3 is 2.40 bits per heavy atom. The highest BCUT2D eigenvalue weighted by atomic mass is 16.5. The monoisotopic (exact) mass is 402 g/mol. The molecule has 0 radical (unpaired) electrons. The molecule has 1 N–H and O–H groups in total. The average Bonchev–Trinajstić information content (AvgIpc) is 3.59. The van der Waals surface area contributed by atoms with E-state index in [9.17, 15) is 4.79 Å². The van der Waals surface area contributed by atoms with Crippen LogP contribution >= 0.6 is 0 Å². The van der Waals surface area contributed by atoms with Crippen LogP contribution in [-0.4, -0.2) is 21.0 Å². The minimum atomic E-state index is -0.766. The Balaban J connectivity index is 1.47. The first-order valence-electron chi connectivity index (χ1n) is 10.5. The number of aromatic nitrogens is 2. The van der Waals surface area contributed by atoms with E-state index in [1.165, 1.54) is 22.3 Å². The molecule has 1 heterocycles. The van der Waals surface area contributed by atoms with Crippen molar-refractivity contribution in [2.45, 2.75) is 45.6 Å². The molecule has 1 saturated carbocycles. The fourth-order valence-electron chi connectivity index (χ4n) is 3.97. The summed E-state index contributed by atoms with van der Waals surface area (Å²) in [7, 11) is 0. The molecule has 5 nitrogen and oxygen atoms in total. The van der Waals surface area contributed by atoms with E-state index in [0.717, 1.165) is 24.1 Å². The van der Waals surface area contributed by atoms with Crippen LogP contribution in [0, 0.1) is 5.92 Å². The summed E-state index contributed by atoms with van der Waals surface area (Å²) < 4.78 is 5.84. The van der Waals surface area contributed by atoms with E-state index in [0.29, 0.717) is 18.9 Å². The number of ether oxygens (including phenoxy) is 1. The van der Waals surface area contributed by atoms with Gasteiger partial charge in [-0.2, -0.15) is 0 Å². The molecule has 0 saturated heterocycles. The summed E-state index contributed by atoms with van der Waals surface area (Å²) in [6.45, 7) is 4.78. The average molecular weight is 402 g/mol. The number of aliphatic carboxylic acids is 1. The van der Waals surface area contributed by atoms with Gasteiger partial charge in [0.1, 0.15) is 6.61 Å². The zero-order valence-corrected chi connectivity index (χ0v) is 17.3. The Labute approximate surface area is 176 Å².